The van der Waals surface area contributed by atoms with Crippen molar-refractivity contribution in [2.75, 3.05) is 20.1 Å². The number of rotatable bonds is 6. The van der Waals surface area contributed by atoms with Crippen LogP contribution < -0.4 is 10.5 Å². The Kier molecular flexibility index (Phi) is 5.21. The van der Waals surface area contributed by atoms with Gasteiger partial charge in [-0.1, -0.05) is 11.3 Å². The lowest BCUT2D eigenvalue weighted by atomic mass is 10.1. The number of thiazole rings is 1. The van der Waals surface area contributed by atoms with Crippen LogP contribution in [0.3, 0.4) is 0 Å². The van der Waals surface area contributed by atoms with E-state index in [1.54, 1.807) is 17.4 Å². The molecule has 160 valence electrons. The number of likely N-dealkylation sites (tertiary alicyclic amines) is 1. The zero-order valence-corrected chi connectivity index (χ0v) is 18.0. The zero-order valence-electron chi connectivity index (χ0n) is 17.2. The van der Waals surface area contributed by atoms with Crippen LogP contribution >= 0.6 is 11.3 Å². The first-order chi connectivity index (χ1) is 15.1. The summed E-state index contributed by atoms with van der Waals surface area (Å²) >= 11 is 1.46. The molecule has 0 aliphatic carbocycles. The quantitative estimate of drug-likeness (QED) is 0.485. The van der Waals surface area contributed by atoms with Gasteiger partial charge in [-0.2, -0.15) is 4.98 Å². The summed E-state index contributed by atoms with van der Waals surface area (Å²) in [5.41, 5.74) is 8.04. The zero-order chi connectivity index (χ0) is 21.4. The van der Waals surface area contributed by atoms with E-state index >= 15 is 0 Å². The number of pyridine rings is 1. The van der Waals surface area contributed by atoms with Crippen LogP contribution in [0.25, 0.3) is 21.3 Å². The first kappa shape index (κ1) is 19.8. The van der Waals surface area contributed by atoms with Crippen molar-refractivity contribution in [3.8, 4) is 10.9 Å². The summed E-state index contributed by atoms with van der Waals surface area (Å²) in [4.78, 5) is 24.2. The van der Waals surface area contributed by atoms with Gasteiger partial charge in [0.05, 0.1) is 11.0 Å². The van der Waals surface area contributed by atoms with Crippen molar-refractivity contribution < 1.29 is 13.9 Å². The van der Waals surface area contributed by atoms with E-state index < -0.39 is 0 Å². The lowest BCUT2D eigenvalue weighted by Gasteiger charge is -2.27. The van der Waals surface area contributed by atoms with Crippen LogP contribution in [0.2, 0.25) is 0 Å². The summed E-state index contributed by atoms with van der Waals surface area (Å²) in [7, 11) is 2.05. The molecule has 31 heavy (non-hydrogen) atoms. The average Bonchev–Trinajstić information content (AvgIpc) is 3.46. The molecule has 3 aromatic heterocycles. The molecule has 4 aromatic rings. The predicted molar refractivity (Wildman–Crippen MR) is 119 cm³/mol. The number of urea groups is 1. The summed E-state index contributed by atoms with van der Waals surface area (Å²) in [6, 6.07) is 9.51. The number of likely N-dealkylation sites (N-methyl/N-ethyl adjacent to an activating group) is 1. The molecule has 1 unspecified atom stereocenters. The van der Waals surface area contributed by atoms with Gasteiger partial charge in [0.15, 0.2) is 5.65 Å². The molecule has 0 saturated carbocycles. The van der Waals surface area contributed by atoms with Crippen molar-refractivity contribution in [2.45, 2.75) is 25.4 Å². The van der Waals surface area contributed by atoms with Crippen LogP contribution in [0.5, 0.6) is 10.9 Å². The number of aromatic nitrogens is 2. The fourth-order valence-electron chi connectivity index (χ4n) is 4.17. The number of carbonyl (C=O) groups excluding carboxylic acids is 1. The smallest absolute Gasteiger partial charge is 0.315 e. The number of carbonyl (C=O) groups is 1. The number of benzene rings is 1. The van der Waals surface area contributed by atoms with Crippen LogP contribution in [0.1, 0.15) is 18.4 Å². The number of primary amides is 1. The van der Waals surface area contributed by atoms with E-state index in [-0.39, 0.29) is 12.1 Å². The Morgan fingerprint density at radius 3 is 3.16 bits per heavy atom. The molecular weight excluding hydrogens is 414 g/mol. The second-order valence-electron chi connectivity index (χ2n) is 7.85. The molecule has 8 nitrogen and oxygen atoms in total. The molecule has 5 rings (SSSR count). The van der Waals surface area contributed by atoms with Crippen molar-refractivity contribution in [2.24, 2.45) is 5.73 Å². The van der Waals surface area contributed by atoms with Crippen LogP contribution in [0, 0.1) is 0 Å². The minimum Gasteiger partial charge on any atom is -0.464 e. The molecular formula is C22H23N5O3S. The summed E-state index contributed by atoms with van der Waals surface area (Å²) in [5, 5.41) is 1.60. The fourth-order valence-corrected chi connectivity index (χ4v) is 4.97. The van der Waals surface area contributed by atoms with Crippen LogP contribution in [-0.2, 0) is 6.54 Å². The van der Waals surface area contributed by atoms with Crippen molar-refractivity contribution in [1.82, 2.24) is 19.8 Å². The van der Waals surface area contributed by atoms with Gasteiger partial charge in [-0.05, 0) is 44.2 Å². The van der Waals surface area contributed by atoms with Gasteiger partial charge in [-0.3, -0.25) is 4.90 Å². The minimum atomic E-state index is -0.332. The van der Waals surface area contributed by atoms with Crippen LogP contribution in [-0.4, -0.2) is 52.0 Å². The van der Waals surface area contributed by atoms with E-state index in [1.165, 1.54) is 11.3 Å². The number of furan rings is 1. The third-order valence-electron chi connectivity index (χ3n) is 5.60. The summed E-state index contributed by atoms with van der Waals surface area (Å²) in [6.45, 7) is 2.25. The highest BCUT2D eigenvalue weighted by atomic mass is 32.1. The maximum absolute atomic E-state index is 11.6. The maximum atomic E-state index is 11.6. The van der Waals surface area contributed by atoms with E-state index in [2.05, 4.69) is 21.9 Å². The number of hydrogen-bond acceptors (Lipinski definition) is 7. The lowest BCUT2D eigenvalue weighted by Crippen LogP contribution is -2.44. The van der Waals surface area contributed by atoms with Gasteiger partial charge < -0.3 is 19.8 Å². The normalized spacial score (nSPS) is 16.6. The average molecular weight is 438 g/mol. The predicted octanol–water partition coefficient (Wildman–Crippen LogP) is 4.20. The van der Waals surface area contributed by atoms with Crippen LogP contribution in [0.4, 0.5) is 4.79 Å². The number of nitrogens with zero attached hydrogens (tertiary/aromatic N) is 4. The molecule has 1 atom stereocenters. The number of ether oxygens (including phenoxy) is 1. The molecule has 4 heterocycles. The molecule has 9 heteroatoms. The van der Waals surface area contributed by atoms with Gasteiger partial charge in [-0.25, -0.2) is 9.78 Å². The molecule has 1 aliphatic heterocycles. The van der Waals surface area contributed by atoms with Crippen molar-refractivity contribution in [3.05, 3.63) is 48.4 Å². The monoisotopic (exact) mass is 437 g/mol. The fraction of sp³-hybridized carbons (Fsp3) is 0.318. The van der Waals surface area contributed by atoms with Crippen molar-refractivity contribution in [3.63, 3.8) is 0 Å². The van der Waals surface area contributed by atoms with Gasteiger partial charge in [0, 0.05) is 48.9 Å². The van der Waals surface area contributed by atoms with Gasteiger partial charge >= 0.3 is 6.03 Å². The van der Waals surface area contributed by atoms with E-state index in [0.29, 0.717) is 16.6 Å². The molecule has 1 saturated heterocycles. The first-order valence-corrected chi connectivity index (χ1v) is 11.0. The Bertz CT molecular complexity index is 1200. The Labute approximate surface area is 183 Å². The van der Waals surface area contributed by atoms with Crippen LogP contribution in [0.15, 0.2) is 47.2 Å². The summed E-state index contributed by atoms with van der Waals surface area (Å²) in [5.74, 6) is 0.670. The van der Waals surface area contributed by atoms with Gasteiger partial charge in [0.25, 0.3) is 5.19 Å². The number of nitrogens with two attached hydrogens (primary N) is 1. The number of amides is 2. The largest absolute Gasteiger partial charge is 0.464 e. The summed E-state index contributed by atoms with van der Waals surface area (Å²) < 4.78 is 12.7. The lowest BCUT2D eigenvalue weighted by molar-refractivity contribution is 0.181. The molecule has 2 N–H and O–H groups in total. The van der Waals surface area contributed by atoms with E-state index in [1.807, 2.05) is 30.3 Å². The Morgan fingerprint density at radius 2 is 2.32 bits per heavy atom. The van der Waals surface area contributed by atoms with Crippen molar-refractivity contribution in [1.29, 1.82) is 0 Å². The molecule has 0 spiro atoms. The topological polar surface area (TPSA) is 97.7 Å². The first-order valence-electron chi connectivity index (χ1n) is 10.2. The van der Waals surface area contributed by atoms with Gasteiger partial charge in [-0.15, -0.1) is 0 Å². The Morgan fingerprint density at radius 1 is 1.42 bits per heavy atom. The van der Waals surface area contributed by atoms with E-state index in [0.717, 1.165) is 53.7 Å². The highest BCUT2D eigenvalue weighted by Gasteiger charge is 2.28. The van der Waals surface area contributed by atoms with Gasteiger partial charge in [0.2, 0.25) is 0 Å². The number of fused-ring (bicyclic) bond motifs is 2. The Hall–Kier alpha value is -3.17. The SMILES string of the molecule is CN(Cc1coc2cc(Oc3nc4ncccc4s3)ccc12)CC1CCCN1C(N)=O. The van der Waals surface area contributed by atoms with Gasteiger partial charge in [0.1, 0.15) is 11.3 Å². The number of hydrogen-bond donors (Lipinski definition) is 1. The highest BCUT2D eigenvalue weighted by Crippen LogP contribution is 2.33. The maximum Gasteiger partial charge on any atom is 0.315 e. The second-order valence-corrected chi connectivity index (χ2v) is 8.84. The minimum absolute atomic E-state index is 0.170. The Balaban J connectivity index is 1.28. The van der Waals surface area contributed by atoms with E-state index in [9.17, 15) is 4.79 Å². The molecule has 1 fully saturated rings. The molecule has 0 bridgehead atoms. The third kappa shape index (κ3) is 4.06. The standard InChI is InChI=1S/C22H23N5O3S/c1-26(12-15-4-3-9-27(15)21(23)28)11-14-13-29-18-10-16(6-7-17(14)18)30-22-25-20-19(31-22)5-2-8-24-20/h2,5-8,10,13,15H,3-4,9,11-12H2,1H3,(H2,23,28). The van der Waals surface area contributed by atoms with E-state index in [4.69, 9.17) is 14.9 Å². The highest BCUT2D eigenvalue weighted by molar-refractivity contribution is 7.20. The molecule has 0 radical (unpaired) electrons. The molecule has 1 aliphatic rings. The third-order valence-corrected chi connectivity index (χ3v) is 6.49. The van der Waals surface area contributed by atoms with Crippen molar-refractivity contribution >= 4 is 38.7 Å². The second kappa shape index (κ2) is 8.16. The molecule has 2 amide bonds. The summed E-state index contributed by atoms with van der Waals surface area (Å²) in [6.07, 6.45) is 5.50. The molecule has 1 aromatic carbocycles.